The molecule has 4 heterocycles. The Hall–Kier alpha value is -4.07. The summed E-state index contributed by atoms with van der Waals surface area (Å²) in [4.78, 5) is 35.6. The molecular formula is C36H43N7O. The number of allylic oxidation sites excluding steroid dienone is 1. The predicted molar refractivity (Wildman–Crippen MR) is 176 cm³/mol. The molecule has 0 amide bonds. The summed E-state index contributed by atoms with van der Waals surface area (Å²) in [6, 6.07) is 10.6. The third-order valence-corrected chi connectivity index (χ3v) is 9.90. The van der Waals surface area contributed by atoms with Gasteiger partial charge in [-0.05, 0) is 88.0 Å². The number of anilines is 2. The average Bonchev–Trinajstić information content (AvgIpc) is 3.88. The van der Waals surface area contributed by atoms with Crippen molar-refractivity contribution in [2.45, 2.75) is 90.0 Å². The molecule has 0 bridgehead atoms. The van der Waals surface area contributed by atoms with Crippen molar-refractivity contribution in [2.24, 2.45) is 5.92 Å². The molecule has 1 N–H and O–H groups in total. The molecule has 4 aromatic rings. The first-order valence-corrected chi connectivity index (χ1v) is 16.4. The summed E-state index contributed by atoms with van der Waals surface area (Å²) in [6.45, 7) is 10.7. The fraction of sp³-hybridized carbons (Fsp3) is 0.472. The van der Waals surface area contributed by atoms with Crippen molar-refractivity contribution in [2.75, 3.05) is 18.4 Å². The first kappa shape index (κ1) is 28.7. The first-order valence-electron chi connectivity index (χ1n) is 16.4. The lowest BCUT2D eigenvalue weighted by atomic mass is 9.84. The monoisotopic (exact) mass is 589 g/mol. The van der Waals surface area contributed by atoms with Crippen LogP contribution in [0, 0.1) is 12.8 Å². The molecule has 1 aliphatic heterocycles. The van der Waals surface area contributed by atoms with Gasteiger partial charge in [-0.2, -0.15) is 4.98 Å². The first-order chi connectivity index (χ1) is 21.4. The summed E-state index contributed by atoms with van der Waals surface area (Å²) >= 11 is 0. The van der Waals surface area contributed by atoms with Gasteiger partial charge in [0.05, 0.1) is 5.56 Å². The van der Waals surface area contributed by atoms with Gasteiger partial charge in [-0.25, -0.2) is 15.0 Å². The van der Waals surface area contributed by atoms with E-state index in [2.05, 4.69) is 53.0 Å². The molecule has 3 aliphatic rings. The molecule has 2 saturated carbocycles. The van der Waals surface area contributed by atoms with Crippen molar-refractivity contribution in [3.63, 3.8) is 0 Å². The van der Waals surface area contributed by atoms with Crippen LogP contribution < -0.4 is 10.9 Å². The minimum atomic E-state index is -0.0416. The molecule has 8 nitrogen and oxygen atoms in total. The molecule has 0 unspecified atom stereocenters. The van der Waals surface area contributed by atoms with E-state index in [-0.39, 0.29) is 5.56 Å². The molecule has 2 aliphatic carbocycles. The maximum atomic E-state index is 14.1. The Morgan fingerprint density at radius 3 is 2.34 bits per heavy atom. The van der Waals surface area contributed by atoms with Gasteiger partial charge in [-0.15, -0.1) is 0 Å². The van der Waals surface area contributed by atoms with E-state index in [4.69, 9.17) is 15.0 Å². The van der Waals surface area contributed by atoms with E-state index >= 15 is 0 Å². The molecule has 0 spiro atoms. The van der Waals surface area contributed by atoms with Gasteiger partial charge in [0.25, 0.3) is 5.56 Å². The van der Waals surface area contributed by atoms with E-state index in [0.29, 0.717) is 41.5 Å². The van der Waals surface area contributed by atoms with Crippen LogP contribution in [-0.2, 0) is 6.54 Å². The second kappa shape index (κ2) is 12.1. The van der Waals surface area contributed by atoms with Crippen LogP contribution in [0.25, 0.3) is 22.2 Å². The Labute approximate surface area is 259 Å². The van der Waals surface area contributed by atoms with Gasteiger partial charge in [0.2, 0.25) is 5.95 Å². The van der Waals surface area contributed by atoms with Gasteiger partial charge < -0.3 is 10.2 Å². The zero-order valence-corrected chi connectivity index (χ0v) is 26.1. The van der Waals surface area contributed by atoms with Crippen molar-refractivity contribution in [1.82, 2.24) is 29.4 Å². The predicted octanol–water partition coefficient (Wildman–Crippen LogP) is 7.47. The number of pyridine rings is 1. The van der Waals surface area contributed by atoms with Gasteiger partial charge in [-0.1, -0.05) is 38.0 Å². The van der Waals surface area contributed by atoms with Crippen LogP contribution in [0.1, 0.15) is 93.6 Å². The number of nitrogens with one attached hydrogen (secondary N) is 1. The fourth-order valence-corrected chi connectivity index (χ4v) is 7.01. The summed E-state index contributed by atoms with van der Waals surface area (Å²) < 4.78 is 1.85. The van der Waals surface area contributed by atoms with Gasteiger partial charge in [0, 0.05) is 66.0 Å². The highest BCUT2D eigenvalue weighted by atomic mass is 16.1. The minimum Gasteiger partial charge on any atom is -0.375 e. The number of hydrogen-bond acceptors (Lipinski definition) is 7. The molecule has 0 radical (unpaired) electrons. The molecule has 3 fully saturated rings. The molecule has 8 heteroatoms. The Kier molecular flexibility index (Phi) is 7.91. The quantitative estimate of drug-likeness (QED) is 0.228. The average molecular weight is 590 g/mol. The van der Waals surface area contributed by atoms with Crippen molar-refractivity contribution in [3.05, 3.63) is 82.4 Å². The largest absolute Gasteiger partial charge is 0.375 e. The van der Waals surface area contributed by atoms with Crippen LogP contribution in [0.2, 0.25) is 0 Å². The van der Waals surface area contributed by atoms with Crippen molar-refractivity contribution < 1.29 is 0 Å². The normalized spacial score (nSPS) is 18.1. The fourth-order valence-electron chi connectivity index (χ4n) is 7.01. The maximum Gasteiger partial charge on any atom is 0.260 e. The molecule has 44 heavy (non-hydrogen) atoms. The number of aromatic nitrogens is 5. The number of hydrogen-bond donors (Lipinski definition) is 1. The van der Waals surface area contributed by atoms with Crippen LogP contribution >= 0.6 is 0 Å². The number of benzene rings is 1. The SMILES string of the molecule is C=C(C)N1CCC(c2ncc(-c3cc4cnc(Nc5ccc(C6CCCCC6)cc5)nc4n(CC4CC4)c3=O)c(C)n2)CC1. The van der Waals surface area contributed by atoms with Crippen LogP contribution in [0.5, 0.6) is 0 Å². The van der Waals surface area contributed by atoms with Gasteiger partial charge in [0.15, 0.2) is 0 Å². The highest BCUT2D eigenvalue weighted by Crippen LogP contribution is 2.34. The number of aryl methyl sites for hydroxylation is 1. The third kappa shape index (κ3) is 5.99. The Morgan fingerprint density at radius 1 is 0.909 bits per heavy atom. The van der Waals surface area contributed by atoms with E-state index < -0.39 is 0 Å². The summed E-state index contributed by atoms with van der Waals surface area (Å²) in [5, 5.41) is 4.22. The van der Waals surface area contributed by atoms with E-state index in [1.807, 2.05) is 30.0 Å². The van der Waals surface area contributed by atoms with Gasteiger partial charge in [-0.3, -0.25) is 9.36 Å². The van der Waals surface area contributed by atoms with E-state index in [9.17, 15) is 4.79 Å². The Bertz CT molecular complexity index is 1730. The molecule has 228 valence electrons. The number of likely N-dealkylation sites (tertiary alicyclic amines) is 1. The highest BCUT2D eigenvalue weighted by Gasteiger charge is 2.26. The summed E-state index contributed by atoms with van der Waals surface area (Å²) in [5.74, 6) is 2.88. The highest BCUT2D eigenvalue weighted by molar-refractivity contribution is 5.82. The van der Waals surface area contributed by atoms with Crippen LogP contribution in [0.15, 0.2) is 59.8 Å². The second-order valence-electron chi connectivity index (χ2n) is 13.2. The van der Waals surface area contributed by atoms with Crippen molar-refractivity contribution in [3.8, 4) is 11.1 Å². The molecule has 0 atom stereocenters. The number of nitrogens with zero attached hydrogens (tertiary/aromatic N) is 6. The summed E-state index contributed by atoms with van der Waals surface area (Å²) in [7, 11) is 0. The lowest BCUT2D eigenvalue weighted by molar-refractivity contribution is 0.260. The second-order valence-corrected chi connectivity index (χ2v) is 13.2. The number of rotatable bonds is 8. The molecule has 7 rings (SSSR count). The van der Waals surface area contributed by atoms with E-state index in [0.717, 1.165) is 72.6 Å². The van der Waals surface area contributed by atoms with Crippen LogP contribution in [0.4, 0.5) is 11.6 Å². The zero-order chi connectivity index (χ0) is 30.2. The van der Waals surface area contributed by atoms with Crippen LogP contribution in [-0.4, -0.2) is 42.5 Å². The molecule has 3 aromatic heterocycles. The molecule has 1 saturated heterocycles. The lowest BCUT2D eigenvalue weighted by Crippen LogP contribution is -2.31. The topological polar surface area (TPSA) is 88.8 Å². The summed E-state index contributed by atoms with van der Waals surface area (Å²) in [5.41, 5.74) is 6.34. The third-order valence-electron chi connectivity index (χ3n) is 9.90. The lowest BCUT2D eigenvalue weighted by Gasteiger charge is -2.33. The number of piperidine rings is 1. The number of fused-ring (bicyclic) bond motifs is 1. The van der Waals surface area contributed by atoms with E-state index in [1.165, 1.54) is 37.7 Å². The molecular weight excluding hydrogens is 546 g/mol. The summed E-state index contributed by atoms with van der Waals surface area (Å²) in [6.07, 6.45) is 14.6. The maximum absolute atomic E-state index is 14.1. The van der Waals surface area contributed by atoms with Gasteiger partial charge in [0.1, 0.15) is 11.5 Å². The Balaban J connectivity index is 1.16. The molecule has 1 aromatic carbocycles. The Morgan fingerprint density at radius 2 is 1.66 bits per heavy atom. The standard InChI is InChI=1S/C36H43N7O/c1-23(2)42-17-15-28(16-18-42)33-37-21-32(24(3)39-33)31-19-29-20-38-36(41-34(29)43(35(31)44)22-25-9-10-25)40-30-13-11-27(12-14-30)26-7-5-4-6-8-26/h11-14,19-21,25-26,28H,1,4-10,15-18,22H2,2-3H3,(H,38,40,41). The zero-order valence-electron chi connectivity index (χ0n) is 26.1. The van der Waals surface area contributed by atoms with Crippen LogP contribution in [0.3, 0.4) is 0 Å². The van der Waals surface area contributed by atoms with Gasteiger partial charge >= 0.3 is 0 Å². The smallest absolute Gasteiger partial charge is 0.260 e. The van der Waals surface area contributed by atoms with Crippen molar-refractivity contribution >= 4 is 22.7 Å². The van der Waals surface area contributed by atoms with Crippen molar-refractivity contribution in [1.29, 1.82) is 0 Å². The minimum absolute atomic E-state index is 0.0416. The van der Waals surface area contributed by atoms with E-state index in [1.54, 1.807) is 0 Å².